The lowest BCUT2D eigenvalue weighted by Gasteiger charge is -2.26. The molecule has 3 atom stereocenters. The van der Waals surface area contributed by atoms with Gasteiger partial charge in [0.05, 0.1) is 0 Å². The predicted molar refractivity (Wildman–Crippen MR) is 296 cm³/mol. The summed E-state index contributed by atoms with van der Waals surface area (Å²) in [6, 6.07) is 0. The molecule has 0 rings (SSSR count). The predicted octanol–water partition coefficient (Wildman–Crippen LogP) is 22.0. The molecule has 0 aliphatic carbocycles. The fraction of sp³-hybridized carbons (Fsp3) is 1.00. The number of phosphoric acid groups is 1. The van der Waals surface area contributed by atoms with Crippen LogP contribution in [-0.4, -0.2) is 38.7 Å². The molecule has 0 bridgehead atoms. The Morgan fingerprint density at radius 2 is 0.368 bits per heavy atom. The summed E-state index contributed by atoms with van der Waals surface area (Å²) < 4.78 is 49.8. The van der Waals surface area contributed by atoms with Gasteiger partial charge in [-0.15, -0.1) is 0 Å². The number of hydrogen-bond donors (Lipinski definition) is 0. The molecule has 0 amide bonds. The normalized spacial score (nSPS) is 14.1. The van der Waals surface area contributed by atoms with Crippen molar-refractivity contribution in [1.29, 1.82) is 0 Å². The van der Waals surface area contributed by atoms with Crippen LogP contribution in [0.5, 0.6) is 0 Å². The maximum absolute atomic E-state index is 14.1. The molecule has 0 aromatic carbocycles. The second-order valence-electron chi connectivity index (χ2n) is 21.0. The zero-order valence-electron chi connectivity index (χ0n) is 47.1. The van der Waals surface area contributed by atoms with Gasteiger partial charge in [0, 0.05) is 19.8 Å². The highest BCUT2D eigenvalue weighted by atomic mass is 31.2. The van der Waals surface area contributed by atoms with Gasteiger partial charge < -0.3 is 14.2 Å². The Labute approximate surface area is 427 Å². The molecule has 0 aromatic rings. The van der Waals surface area contributed by atoms with Crippen molar-refractivity contribution in [1.82, 2.24) is 0 Å². The zero-order chi connectivity index (χ0) is 49.5. The molecule has 0 aliphatic rings. The minimum atomic E-state index is -4.04. The first kappa shape index (κ1) is 68.0. The second kappa shape index (κ2) is 56.3. The lowest BCUT2D eigenvalue weighted by Crippen LogP contribution is -2.22. The summed E-state index contributed by atoms with van der Waals surface area (Å²) in [6.45, 7) is 13.8. The van der Waals surface area contributed by atoms with Crippen molar-refractivity contribution in [3.8, 4) is 0 Å². The molecule has 0 fully saturated rings. The van der Waals surface area contributed by atoms with Crippen molar-refractivity contribution >= 4 is 7.82 Å². The number of unbranched alkanes of at least 4 members (excludes halogenated alkanes) is 45. The van der Waals surface area contributed by atoms with Gasteiger partial charge in [-0.1, -0.05) is 310 Å². The van der Waals surface area contributed by atoms with E-state index in [4.69, 9.17) is 27.8 Å². The minimum absolute atomic E-state index is 0.552. The molecule has 7 nitrogen and oxygen atoms in total. The molecule has 410 valence electrons. The number of ether oxygens (including phenoxy) is 3. The van der Waals surface area contributed by atoms with Crippen LogP contribution in [0.15, 0.2) is 0 Å². The summed E-state index contributed by atoms with van der Waals surface area (Å²) in [6.07, 6.45) is 61.7. The van der Waals surface area contributed by atoms with E-state index in [0.29, 0.717) is 19.8 Å². The van der Waals surface area contributed by atoms with Crippen molar-refractivity contribution in [2.45, 2.75) is 369 Å². The molecule has 0 radical (unpaired) electrons. The van der Waals surface area contributed by atoms with Crippen molar-refractivity contribution in [3.05, 3.63) is 0 Å². The van der Waals surface area contributed by atoms with Crippen molar-refractivity contribution in [2.75, 3.05) is 19.8 Å². The molecule has 8 heteroatoms. The van der Waals surface area contributed by atoms with E-state index in [1.807, 2.05) is 0 Å². The van der Waals surface area contributed by atoms with Crippen LogP contribution in [0.2, 0.25) is 0 Å². The van der Waals surface area contributed by atoms with Gasteiger partial charge >= 0.3 is 7.82 Å². The molecule has 68 heavy (non-hydrogen) atoms. The lowest BCUT2D eigenvalue weighted by molar-refractivity contribution is -0.148. The SMILES string of the molecule is CCCCCCCCCCCCCCCCCCOC(C)OP(=O)(OC(C)OCCCCCCCCCCCCCCCCCC)OC(C)OCCCCCCCCCCCCCCCCCC. The molecule has 0 aliphatic heterocycles. The molecule has 0 N–H and O–H groups in total. The van der Waals surface area contributed by atoms with Crippen LogP contribution >= 0.6 is 7.82 Å². The van der Waals surface area contributed by atoms with Gasteiger partial charge in [0.25, 0.3) is 0 Å². The van der Waals surface area contributed by atoms with Gasteiger partial charge in [-0.3, -0.25) is 13.6 Å². The zero-order valence-corrected chi connectivity index (χ0v) is 48.0. The van der Waals surface area contributed by atoms with Crippen LogP contribution in [0.4, 0.5) is 0 Å². The largest absolute Gasteiger partial charge is 0.481 e. The van der Waals surface area contributed by atoms with Crippen LogP contribution in [0.25, 0.3) is 0 Å². The van der Waals surface area contributed by atoms with Gasteiger partial charge in [-0.05, 0) is 40.0 Å². The van der Waals surface area contributed by atoms with E-state index < -0.39 is 26.7 Å². The summed E-state index contributed by atoms with van der Waals surface area (Å²) >= 11 is 0. The Morgan fingerprint density at radius 1 is 0.235 bits per heavy atom. The Hall–Kier alpha value is -0.0100. The molecule has 0 saturated carbocycles. The molecular weight excluding hydrogens is 864 g/mol. The molecular formula is C60H123O7P. The summed E-state index contributed by atoms with van der Waals surface area (Å²) in [7, 11) is -4.04. The van der Waals surface area contributed by atoms with Gasteiger partial charge in [-0.25, -0.2) is 4.57 Å². The fourth-order valence-corrected chi connectivity index (χ4v) is 10.8. The molecule has 0 saturated heterocycles. The third kappa shape index (κ3) is 53.8. The van der Waals surface area contributed by atoms with Gasteiger partial charge in [-0.2, -0.15) is 0 Å². The van der Waals surface area contributed by atoms with Crippen molar-refractivity contribution in [3.63, 3.8) is 0 Å². The van der Waals surface area contributed by atoms with E-state index in [2.05, 4.69) is 20.8 Å². The number of phosphoric ester groups is 1. The topological polar surface area (TPSA) is 72.5 Å². The van der Waals surface area contributed by atoms with E-state index in [1.54, 1.807) is 20.8 Å². The second-order valence-corrected chi connectivity index (χ2v) is 22.5. The standard InChI is InChI=1S/C60H123O7P/c1-7-10-13-16-19-22-25-28-31-34-37-40-43-46-49-52-55-62-58(4)65-68(61,66-59(5)63-56-53-50-47-44-41-38-35-32-29-26-23-20-17-14-11-8-2)67-60(6)64-57-54-51-48-45-42-39-36-33-30-27-24-21-18-15-12-9-3/h58-60H,7-57H2,1-6H3. The third-order valence-electron chi connectivity index (χ3n) is 13.9. The first-order valence-electron chi connectivity index (χ1n) is 30.9. The van der Waals surface area contributed by atoms with E-state index in [0.717, 1.165) is 38.5 Å². The highest BCUT2D eigenvalue weighted by molar-refractivity contribution is 7.48. The molecule has 0 heterocycles. The summed E-state index contributed by atoms with van der Waals surface area (Å²) in [4.78, 5) is 0. The summed E-state index contributed by atoms with van der Waals surface area (Å²) in [5.41, 5.74) is 0. The van der Waals surface area contributed by atoms with Crippen LogP contribution in [0.1, 0.15) is 350 Å². The van der Waals surface area contributed by atoms with Gasteiger partial charge in [0.1, 0.15) is 0 Å². The fourth-order valence-electron chi connectivity index (χ4n) is 9.41. The summed E-state index contributed by atoms with van der Waals surface area (Å²) in [5.74, 6) is 0. The molecule has 0 spiro atoms. The number of hydrogen-bond acceptors (Lipinski definition) is 7. The highest BCUT2D eigenvalue weighted by Gasteiger charge is 2.35. The average Bonchev–Trinajstić information content (AvgIpc) is 3.31. The van der Waals surface area contributed by atoms with E-state index in [-0.39, 0.29) is 0 Å². The monoisotopic (exact) mass is 987 g/mol. The minimum Gasteiger partial charge on any atom is -0.352 e. The highest BCUT2D eigenvalue weighted by Crippen LogP contribution is 2.53. The van der Waals surface area contributed by atoms with Crippen LogP contribution in [0.3, 0.4) is 0 Å². The third-order valence-corrected chi connectivity index (χ3v) is 15.5. The Kier molecular flexibility index (Phi) is 56.3. The quantitative estimate of drug-likeness (QED) is 0.0341. The van der Waals surface area contributed by atoms with Crippen LogP contribution in [-0.2, 0) is 32.3 Å². The van der Waals surface area contributed by atoms with Crippen LogP contribution in [0, 0.1) is 0 Å². The van der Waals surface area contributed by atoms with Gasteiger partial charge in [0.15, 0.2) is 18.9 Å². The van der Waals surface area contributed by atoms with E-state index in [1.165, 1.54) is 270 Å². The van der Waals surface area contributed by atoms with Crippen LogP contribution < -0.4 is 0 Å². The smallest absolute Gasteiger partial charge is 0.352 e. The first-order chi connectivity index (χ1) is 33.4. The van der Waals surface area contributed by atoms with E-state index >= 15 is 0 Å². The number of rotatable bonds is 60. The van der Waals surface area contributed by atoms with Crippen molar-refractivity contribution < 1.29 is 32.3 Å². The lowest BCUT2D eigenvalue weighted by atomic mass is 10.0. The summed E-state index contributed by atoms with van der Waals surface area (Å²) in [5, 5.41) is 0. The maximum Gasteiger partial charge on any atom is 0.481 e. The van der Waals surface area contributed by atoms with E-state index in [9.17, 15) is 4.57 Å². The van der Waals surface area contributed by atoms with Gasteiger partial charge in [0.2, 0.25) is 0 Å². The Balaban J connectivity index is 4.41. The molecule has 0 aromatic heterocycles. The molecule has 3 unspecified atom stereocenters. The average molecular weight is 988 g/mol. The maximum atomic E-state index is 14.1. The Morgan fingerprint density at radius 3 is 0.515 bits per heavy atom. The first-order valence-corrected chi connectivity index (χ1v) is 32.3. The Bertz CT molecular complexity index is 865. The van der Waals surface area contributed by atoms with Crippen molar-refractivity contribution in [2.24, 2.45) is 0 Å².